The van der Waals surface area contributed by atoms with Crippen molar-refractivity contribution in [3.8, 4) is 0 Å². The number of aryl methyl sites for hydroxylation is 1. The van der Waals surface area contributed by atoms with Crippen LogP contribution in [-0.4, -0.2) is 52.3 Å². The van der Waals surface area contributed by atoms with Crippen LogP contribution in [0.15, 0.2) is 0 Å². The Balaban J connectivity index is 1.51. The molecule has 1 aromatic heterocycles. The van der Waals surface area contributed by atoms with Gasteiger partial charge in [0, 0.05) is 37.5 Å². The topological polar surface area (TPSA) is 79.5 Å². The van der Waals surface area contributed by atoms with Crippen LogP contribution in [0.3, 0.4) is 0 Å². The fourth-order valence-electron chi connectivity index (χ4n) is 5.23. The first kappa shape index (κ1) is 18.7. The minimum Gasteiger partial charge on any atom is -0.375 e. The fraction of sp³-hybridized carbons (Fsp3) is 0.750. The zero-order valence-electron chi connectivity index (χ0n) is 16.2. The number of nitrogen functional groups attached to an aromatic ring is 1. The summed E-state index contributed by atoms with van der Waals surface area (Å²) in [6.45, 7) is 4.38. The lowest BCUT2D eigenvalue weighted by Gasteiger charge is -2.49. The molecule has 0 bridgehead atoms. The van der Waals surface area contributed by atoms with Crippen molar-refractivity contribution in [2.24, 2.45) is 5.41 Å². The van der Waals surface area contributed by atoms with Gasteiger partial charge in [0.05, 0.1) is 5.69 Å². The van der Waals surface area contributed by atoms with Gasteiger partial charge in [-0.05, 0) is 38.5 Å². The van der Waals surface area contributed by atoms with Crippen LogP contribution in [0.4, 0.5) is 5.13 Å². The number of hydrogen-bond acceptors (Lipinski definition) is 5. The molecule has 1 aromatic rings. The summed E-state index contributed by atoms with van der Waals surface area (Å²) in [7, 11) is 0. The van der Waals surface area contributed by atoms with Gasteiger partial charge in [-0.15, -0.1) is 0 Å². The van der Waals surface area contributed by atoms with Gasteiger partial charge in [0.15, 0.2) is 5.13 Å². The van der Waals surface area contributed by atoms with E-state index in [9.17, 15) is 9.59 Å². The SMILES string of the molecule is CCc1nc(N)sc1C(=O)N1CCC[C@]2(CCC(=O)N(C3CCCC3)C2)C1. The highest BCUT2D eigenvalue weighted by Gasteiger charge is 2.45. The van der Waals surface area contributed by atoms with Crippen LogP contribution in [0, 0.1) is 5.41 Å². The van der Waals surface area contributed by atoms with Crippen LogP contribution in [0.2, 0.25) is 0 Å². The molecule has 2 amide bonds. The Bertz CT molecular complexity index is 728. The second-order valence-corrected chi connectivity index (χ2v) is 9.50. The number of piperidine rings is 2. The van der Waals surface area contributed by atoms with Crippen LogP contribution in [0.1, 0.15) is 73.7 Å². The third kappa shape index (κ3) is 3.58. The molecule has 148 valence electrons. The number of carbonyl (C=O) groups is 2. The third-order valence-electron chi connectivity index (χ3n) is 6.65. The number of anilines is 1. The van der Waals surface area contributed by atoms with Crippen LogP contribution in [-0.2, 0) is 11.2 Å². The monoisotopic (exact) mass is 390 g/mol. The molecule has 1 aliphatic carbocycles. The Labute approximate surface area is 165 Å². The Kier molecular flexibility index (Phi) is 5.14. The van der Waals surface area contributed by atoms with Gasteiger partial charge in [-0.1, -0.05) is 31.1 Å². The van der Waals surface area contributed by atoms with Crippen molar-refractivity contribution < 1.29 is 9.59 Å². The molecule has 0 unspecified atom stereocenters. The van der Waals surface area contributed by atoms with Gasteiger partial charge in [-0.25, -0.2) is 4.98 Å². The lowest BCUT2D eigenvalue weighted by atomic mass is 9.73. The lowest BCUT2D eigenvalue weighted by Crippen LogP contribution is -2.56. The predicted octanol–water partition coefficient (Wildman–Crippen LogP) is 3.08. The van der Waals surface area contributed by atoms with E-state index >= 15 is 0 Å². The van der Waals surface area contributed by atoms with Crippen molar-refractivity contribution in [3.63, 3.8) is 0 Å². The van der Waals surface area contributed by atoms with Crippen LogP contribution < -0.4 is 5.73 Å². The number of nitrogens with zero attached hydrogens (tertiary/aromatic N) is 3. The highest BCUT2D eigenvalue weighted by molar-refractivity contribution is 7.17. The smallest absolute Gasteiger partial charge is 0.265 e. The molecule has 1 saturated carbocycles. The summed E-state index contributed by atoms with van der Waals surface area (Å²) in [6, 6.07) is 0.425. The molecule has 2 saturated heterocycles. The Morgan fingerprint density at radius 2 is 2.04 bits per heavy atom. The highest BCUT2D eigenvalue weighted by atomic mass is 32.1. The molecule has 27 heavy (non-hydrogen) atoms. The number of aromatic nitrogens is 1. The van der Waals surface area contributed by atoms with Crippen molar-refractivity contribution in [2.75, 3.05) is 25.4 Å². The van der Waals surface area contributed by atoms with Crippen LogP contribution >= 0.6 is 11.3 Å². The van der Waals surface area contributed by atoms with E-state index in [4.69, 9.17) is 5.73 Å². The summed E-state index contributed by atoms with van der Waals surface area (Å²) in [5.74, 6) is 0.393. The predicted molar refractivity (Wildman–Crippen MR) is 107 cm³/mol. The van der Waals surface area contributed by atoms with Crippen LogP contribution in [0.5, 0.6) is 0 Å². The number of rotatable bonds is 3. The van der Waals surface area contributed by atoms with Crippen molar-refractivity contribution in [3.05, 3.63) is 10.6 Å². The van der Waals surface area contributed by atoms with Gasteiger partial charge in [-0.2, -0.15) is 0 Å². The summed E-state index contributed by atoms with van der Waals surface area (Å²) in [5.41, 5.74) is 6.73. The summed E-state index contributed by atoms with van der Waals surface area (Å²) in [4.78, 5) is 34.9. The molecule has 3 fully saturated rings. The van der Waals surface area contributed by atoms with E-state index in [0.29, 0.717) is 28.4 Å². The van der Waals surface area contributed by atoms with E-state index in [2.05, 4.69) is 9.88 Å². The number of hydrogen-bond donors (Lipinski definition) is 1. The maximum atomic E-state index is 13.2. The van der Waals surface area contributed by atoms with E-state index in [-0.39, 0.29) is 11.3 Å². The Hall–Kier alpha value is -1.63. The molecule has 2 aliphatic heterocycles. The molecule has 0 aromatic carbocycles. The Morgan fingerprint density at radius 1 is 1.26 bits per heavy atom. The average Bonchev–Trinajstić information content (AvgIpc) is 3.33. The minimum absolute atomic E-state index is 0.0625. The molecule has 2 N–H and O–H groups in total. The molecule has 6 nitrogen and oxygen atoms in total. The number of likely N-dealkylation sites (tertiary alicyclic amines) is 2. The largest absolute Gasteiger partial charge is 0.375 e. The highest BCUT2D eigenvalue weighted by Crippen LogP contribution is 2.41. The Morgan fingerprint density at radius 3 is 2.78 bits per heavy atom. The third-order valence-corrected chi connectivity index (χ3v) is 7.57. The maximum absolute atomic E-state index is 13.2. The fourth-order valence-corrected chi connectivity index (χ4v) is 6.12. The van der Waals surface area contributed by atoms with Gasteiger partial charge < -0.3 is 15.5 Å². The van der Waals surface area contributed by atoms with Crippen molar-refractivity contribution in [2.45, 2.75) is 70.8 Å². The lowest BCUT2D eigenvalue weighted by molar-refractivity contribution is -0.142. The van der Waals surface area contributed by atoms with Crippen molar-refractivity contribution in [1.29, 1.82) is 0 Å². The molecule has 4 rings (SSSR count). The minimum atomic E-state index is 0.0625. The second-order valence-electron chi connectivity index (χ2n) is 8.47. The van der Waals surface area contributed by atoms with E-state index in [0.717, 1.165) is 63.9 Å². The zero-order valence-corrected chi connectivity index (χ0v) is 17.0. The summed E-state index contributed by atoms with van der Waals surface area (Å²) in [6.07, 6.45) is 9.13. The van der Waals surface area contributed by atoms with Gasteiger partial charge in [0.1, 0.15) is 4.88 Å². The number of nitrogens with two attached hydrogens (primary N) is 1. The second kappa shape index (κ2) is 7.41. The normalized spacial score (nSPS) is 26.9. The summed E-state index contributed by atoms with van der Waals surface area (Å²) < 4.78 is 0. The molecule has 3 aliphatic rings. The van der Waals surface area contributed by atoms with Gasteiger partial charge >= 0.3 is 0 Å². The first-order valence-electron chi connectivity index (χ1n) is 10.4. The number of carbonyl (C=O) groups excluding carboxylic acids is 2. The van der Waals surface area contributed by atoms with Gasteiger partial charge in [-0.3, -0.25) is 9.59 Å². The molecule has 1 spiro atoms. The quantitative estimate of drug-likeness (QED) is 0.860. The molecule has 3 heterocycles. The summed E-state index contributed by atoms with van der Waals surface area (Å²) >= 11 is 1.31. The molecule has 1 atom stereocenters. The zero-order chi connectivity index (χ0) is 19.0. The average molecular weight is 391 g/mol. The number of thiazole rings is 1. The van der Waals surface area contributed by atoms with E-state index in [1.54, 1.807) is 0 Å². The van der Waals surface area contributed by atoms with Crippen molar-refractivity contribution >= 4 is 28.3 Å². The van der Waals surface area contributed by atoms with Crippen molar-refractivity contribution in [1.82, 2.24) is 14.8 Å². The first-order chi connectivity index (χ1) is 13.0. The van der Waals surface area contributed by atoms with E-state index in [1.807, 2.05) is 11.8 Å². The molecular formula is C20H30N4O2S. The number of amides is 2. The first-order valence-corrected chi connectivity index (χ1v) is 11.2. The molecule has 0 radical (unpaired) electrons. The van der Waals surface area contributed by atoms with E-state index < -0.39 is 0 Å². The maximum Gasteiger partial charge on any atom is 0.265 e. The standard InChI is InChI=1S/C20H30N4O2S/c1-2-15-17(27-19(21)22-15)18(26)23-11-5-9-20(12-23)10-8-16(25)24(13-20)14-6-3-4-7-14/h14H,2-13H2,1H3,(H2,21,22)/t20-/m0/s1. The summed E-state index contributed by atoms with van der Waals surface area (Å²) in [5, 5.41) is 0.470. The van der Waals surface area contributed by atoms with Crippen LogP contribution in [0.25, 0.3) is 0 Å². The molecule has 7 heteroatoms. The van der Waals surface area contributed by atoms with Gasteiger partial charge in [0.25, 0.3) is 5.91 Å². The van der Waals surface area contributed by atoms with Gasteiger partial charge in [0.2, 0.25) is 5.91 Å². The van der Waals surface area contributed by atoms with E-state index in [1.165, 1.54) is 24.2 Å². The molecular weight excluding hydrogens is 360 g/mol.